The summed E-state index contributed by atoms with van der Waals surface area (Å²) >= 11 is 0. The molecular weight excluding hydrogens is 262 g/mol. The molecule has 3 rings (SSSR count). The van der Waals surface area contributed by atoms with Gasteiger partial charge in [-0.05, 0) is 30.2 Å². The van der Waals surface area contributed by atoms with Crippen LogP contribution >= 0.6 is 0 Å². The third-order valence-corrected chi connectivity index (χ3v) is 4.30. The third-order valence-electron chi connectivity index (χ3n) is 4.30. The van der Waals surface area contributed by atoms with E-state index >= 15 is 0 Å². The molecule has 4 heteroatoms. The maximum Gasteiger partial charge on any atom is 0.0702 e. The van der Waals surface area contributed by atoms with Crippen LogP contribution < -0.4 is 5.73 Å². The second kappa shape index (κ2) is 6.52. The number of nitrogens with zero attached hydrogens (tertiary/aromatic N) is 2. The van der Waals surface area contributed by atoms with Crippen molar-refractivity contribution in [3.05, 3.63) is 42.1 Å². The summed E-state index contributed by atoms with van der Waals surface area (Å²) in [6.45, 7) is 5.51. The Morgan fingerprint density at radius 1 is 1.43 bits per heavy atom. The molecule has 2 heterocycles. The van der Waals surface area contributed by atoms with E-state index in [1.165, 1.54) is 10.9 Å². The van der Waals surface area contributed by atoms with Crippen LogP contribution in [0, 0.1) is 0 Å². The largest absolute Gasteiger partial charge is 0.376 e. The molecule has 0 bridgehead atoms. The molecule has 2 atom stereocenters. The SMILES string of the molecule is CCC1CN(C(CN)c2ccc3ncccc3c2)CCO1. The van der Waals surface area contributed by atoms with E-state index in [9.17, 15) is 0 Å². The lowest BCUT2D eigenvalue weighted by atomic mass is 10.0. The smallest absolute Gasteiger partial charge is 0.0702 e. The van der Waals surface area contributed by atoms with E-state index in [1.807, 2.05) is 12.3 Å². The molecule has 0 spiro atoms. The van der Waals surface area contributed by atoms with Gasteiger partial charge in [0.2, 0.25) is 0 Å². The van der Waals surface area contributed by atoms with Crippen molar-refractivity contribution in [1.29, 1.82) is 0 Å². The Balaban J connectivity index is 1.86. The molecule has 0 amide bonds. The summed E-state index contributed by atoms with van der Waals surface area (Å²) in [5.41, 5.74) is 8.37. The van der Waals surface area contributed by atoms with Gasteiger partial charge >= 0.3 is 0 Å². The molecular formula is C17H23N3O. The predicted molar refractivity (Wildman–Crippen MR) is 85.1 cm³/mol. The minimum absolute atomic E-state index is 0.257. The van der Waals surface area contributed by atoms with E-state index in [4.69, 9.17) is 10.5 Å². The van der Waals surface area contributed by atoms with E-state index in [0.717, 1.165) is 31.6 Å². The minimum atomic E-state index is 0.257. The molecule has 1 aliphatic heterocycles. The summed E-state index contributed by atoms with van der Waals surface area (Å²) in [6.07, 6.45) is 3.21. The summed E-state index contributed by atoms with van der Waals surface area (Å²) in [4.78, 5) is 6.83. The van der Waals surface area contributed by atoms with Gasteiger partial charge in [0.1, 0.15) is 0 Å². The predicted octanol–water partition coefficient (Wildman–Crippen LogP) is 2.35. The summed E-state index contributed by atoms with van der Waals surface area (Å²) in [7, 11) is 0. The fourth-order valence-electron chi connectivity index (χ4n) is 3.07. The molecule has 1 fully saturated rings. The third kappa shape index (κ3) is 3.07. The molecule has 1 aromatic carbocycles. The number of morpholine rings is 1. The number of hydrogen-bond acceptors (Lipinski definition) is 4. The molecule has 0 aliphatic carbocycles. The number of benzene rings is 1. The molecule has 21 heavy (non-hydrogen) atoms. The summed E-state index contributed by atoms with van der Waals surface area (Å²) in [5, 5.41) is 1.17. The summed E-state index contributed by atoms with van der Waals surface area (Å²) < 4.78 is 5.77. The van der Waals surface area contributed by atoms with Crippen LogP contribution in [0.5, 0.6) is 0 Å². The number of fused-ring (bicyclic) bond motifs is 1. The van der Waals surface area contributed by atoms with Crippen molar-refractivity contribution in [2.75, 3.05) is 26.2 Å². The number of aromatic nitrogens is 1. The number of ether oxygens (including phenoxy) is 1. The number of rotatable bonds is 4. The average Bonchev–Trinajstić information content (AvgIpc) is 2.56. The van der Waals surface area contributed by atoms with E-state index in [1.54, 1.807) is 0 Å². The van der Waals surface area contributed by atoms with Gasteiger partial charge in [0.05, 0.1) is 18.2 Å². The molecule has 1 saturated heterocycles. The Kier molecular flexibility index (Phi) is 4.48. The number of pyridine rings is 1. The molecule has 0 radical (unpaired) electrons. The Labute approximate surface area is 125 Å². The summed E-state index contributed by atoms with van der Waals surface area (Å²) in [5.74, 6) is 0. The fourth-order valence-corrected chi connectivity index (χ4v) is 3.07. The molecule has 0 saturated carbocycles. The number of nitrogens with two attached hydrogens (primary N) is 1. The standard InChI is InChI=1S/C17H23N3O/c1-2-15-12-20(8-9-21-15)17(11-18)14-5-6-16-13(10-14)4-3-7-19-16/h3-7,10,15,17H,2,8-9,11-12,18H2,1H3. The zero-order chi connectivity index (χ0) is 14.7. The van der Waals surface area contributed by atoms with Gasteiger partial charge in [-0.1, -0.05) is 19.1 Å². The second-order valence-electron chi connectivity index (χ2n) is 5.60. The van der Waals surface area contributed by atoms with Gasteiger partial charge in [-0.15, -0.1) is 0 Å². The Bertz CT molecular complexity index is 601. The fraction of sp³-hybridized carbons (Fsp3) is 0.471. The van der Waals surface area contributed by atoms with E-state index in [0.29, 0.717) is 12.6 Å². The lowest BCUT2D eigenvalue weighted by Crippen LogP contribution is -2.46. The maximum atomic E-state index is 6.07. The molecule has 4 nitrogen and oxygen atoms in total. The van der Waals surface area contributed by atoms with Crippen LogP contribution in [0.4, 0.5) is 0 Å². The van der Waals surface area contributed by atoms with Gasteiger partial charge < -0.3 is 10.5 Å². The van der Waals surface area contributed by atoms with Crippen LogP contribution in [0.25, 0.3) is 10.9 Å². The topological polar surface area (TPSA) is 51.4 Å². The van der Waals surface area contributed by atoms with Gasteiger partial charge in [-0.3, -0.25) is 9.88 Å². The van der Waals surface area contributed by atoms with Crippen molar-refractivity contribution in [2.45, 2.75) is 25.5 Å². The van der Waals surface area contributed by atoms with Crippen LogP contribution in [0.2, 0.25) is 0 Å². The zero-order valence-electron chi connectivity index (χ0n) is 12.5. The van der Waals surface area contributed by atoms with Crippen molar-refractivity contribution in [3.63, 3.8) is 0 Å². The van der Waals surface area contributed by atoms with Crippen LogP contribution in [-0.2, 0) is 4.74 Å². The monoisotopic (exact) mass is 285 g/mol. The van der Waals surface area contributed by atoms with Crippen LogP contribution in [0.3, 0.4) is 0 Å². The molecule has 1 aromatic heterocycles. The first-order valence-electron chi connectivity index (χ1n) is 7.72. The number of hydrogen-bond donors (Lipinski definition) is 1. The van der Waals surface area contributed by atoms with Gasteiger partial charge in [0, 0.05) is 37.3 Å². The van der Waals surface area contributed by atoms with Crippen molar-refractivity contribution in [1.82, 2.24) is 9.88 Å². The summed E-state index contributed by atoms with van der Waals surface area (Å²) in [6, 6.07) is 10.8. The molecule has 2 aromatic rings. The van der Waals surface area contributed by atoms with Crippen molar-refractivity contribution in [2.24, 2.45) is 5.73 Å². The highest BCUT2D eigenvalue weighted by Gasteiger charge is 2.25. The van der Waals surface area contributed by atoms with Crippen molar-refractivity contribution >= 4 is 10.9 Å². The molecule has 2 unspecified atom stereocenters. The lowest BCUT2D eigenvalue weighted by molar-refractivity contribution is -0.0437. The van der Waals surface area contributed by atoms with Gasteiger partial charge in [0.15, 0.2) is 0 Å². The van der Waals surface area contributed by atoms with Gasteiger partial charge in [0.25, 0.3) is 0 Å². The Morgan fingerprint density at radius 2 is 2.33 bits per heavy atom. The van der Waals surface area contributed by atoms with E-state index in [2.05, 4.69) is 41.1 Å². The van der Waals surface area contributed by atoms with E-state index < -0.39 is 0 Å². The lowest BCUT2D eigenvalue weighted by Gasteiger charge is -2.38. The minimum Gasteiger partial charge on any atom is -0.376 e. The average molecular weight is 285 g/mol. The first-order chi connectivity index (χ1) is 10.3. The van der Waals surface area contributed by atoms with Gasteiger partial charge in [-0.2, -0.15) is 0 Å². The molecule has 1 aliphatic rings. The zero-order valence-corrected chi connectivity index (χ0v) is 12.5. The maximum absolute atomic E-state index is 6.07. The molecule has 112 valence electrons. The van der Waals surface area contributed by atoms with E-state index in [-0.39, 0.29) is 6.04 Å². The molecule has 2 N–H and O–H groups in total. The quantitative estimate of drug-likeness (QED) is 0.937. The Morgan fingerprint density at radius 3 is 3.14 bits per heavy atom. The first kappa shape index (κ1) is 14.4. The van der Waals surface area contributed by atoms with Crippen LogP contribution in [0.15, 0.2) is 36.5 Å². The van der Waals surface area contributed by atoms with Crippen molar-refractivity contribution in [3.8, 4) is 0 Å². The first-order valence-corrected chi connectivity index (χ1v) is 7.72. The Hall–Kier alpha value is -1.49. The second-order valence-corrected chi connectivity index (χ2v) is 5.60. The normalized spacial score (nSPS) is 21.5. The highest BCUT2D eigenvalue weighted by molar-refractivity contribution is 5.79. The highest BCUT2D eigenvalue weighted by Crippen LogP contribution is 2.25. The van der Waals surface area contributed by atoms with Gasteiger partial charge in [-0.25, -0.2) is 0 Å². The van der Waals surface area contributed by atoms with Crippen LogP contribution in [-0.4, -0.2) is 42.2 Å². The van der Waals surface area contributed by atoms with Crippen LogP contribution in [0.1, 0.15) is 24.9 Å². The highest BCUT2D eigenvalue weighted by atomic mass is 16.5. The van der Waals surface area contributed by atoms with Crippen molar-refractivity contribution < 1.29 is 4.74 Å².